The van der Waals surface area contributed by atoms with Crippen molar-refractivity contribution in [2.45, 2.75) is 31.1 Å². The summed E-state index contributed by atoms with van der Waals surface area (Å²) < 4.78 is 6.87. The lowest BCUT2D eigenvalue weighted by Crippen LogP contribution is -2.39. The quantitative estimate of drug-likeness (QED) is 0.375. The average molecular weight is 498 g/mol. The van der Waals surface area contributed by atoms with E-state index in [1.807, 2.05) is 29.8 Å². The summed E-state index contributed by atoms with van der Waals surface area (Å²) in [4.78, 5) is 34.9. The Kier molecular flexibility index (Phi) is 7.01. The SMILES string of the molecule is COCC(=O)Nc1cc(C(=O)NCC2(c3ccccc3)CCCC2)c2c(c1)nc(-c1ccncc1)n2C. The molecule has 1 fully saturated rings. The zero-order valence-electron chi connectivity index (χ0n) is 21.2. The van der Waals surface area contributed by atoms with Crippen molar-refractivity contribution in [2.24, 2.45) is 7.05 Å². The highest BCUT2D eigenvalue weighted by atomic mass is 16.5. The Hall–Kier alpha value is -4.04. The monoisotopic (exact) mass is 497 g/mol. The number of imidazole rings is 1. The summed E-state index contributed by atoms with van der Waals surface area (Å²) in [7, 11) is 3.36. The third kappa shape index (κ3) is 4.97. The van der Waals surface area contributed by atoms with Crippen molar-refractivity contribution in [3.8, 4) is 11.4 Å². The lowest BCUT2D eigenvalue weighted by molar-refractivity contribution is -0.119. The fourth-order valence-corrected chi connectivity index (χ4v) is 5.44. The maximum absolute atomic E-state index is 13.8. The maximum atomic E-state index is 13.8. The Morgan fingerprint density at radius 3 is 2.49 bits per heavy atom. The lowest BCUT2D eigenvalue weighted by Gasteiger charge is -2.30. The number of nitrogens with zero attached hydrogens (tertiary/aromatic N) is 3. The Morgan fingerprint density at radius 1 is 1.05 bits per heavy atom. The highest BCUT2D eigenvalue weighted by Gasteiger charge is 2.36. The van der Waals surface area contributed by atoms with Crippen molar-refractivity contribution in [2.75, 3.05) is 25.6 Å². The van der Waals surface area contributed by atoms with E-state index in [9.17, 15) is 9.59 Å². The second kappa shape index (κ2) is 10.5. The summed E-state index contributed by atoms with van der Waals surface area (Å²) in [6, 6.07) is 17.7. The number of carbonyl (C=O) groups excluding carboxylic acids is 2. The Bertz CT molecular complexity index is 1410. The molecule has 1 aliphatic carbocycles. The Balaban J connectivity index is 1.52. The van der Waals surface area contributed by atoms with E-state index in [1.165, 1.54) is 12.7 Å². The third-order valence-corrected chi connectivity index (χ3v) is 7.25. The molecule has 190 valence electrons. The van der Waals surface area contributed by atoms with E-state index in [0.29, 0.717) is 34.7 Å². The molecule has 2 amide bonds. The van der Waals surface area contributed by atoms with E-state index in [2.05, 4.69) is 39.9 Å². The van der Waals surface area contributed by atoms with Gasteiger partial charge in [-0.05, 0) is 42.7 Å². The van der Waals surface area contributed by atoms with Crippen LogP contribution in [-0.4, -0.2) is 46.6 Å². The molecule has 0 saturated heterocycles. The number of ether oxygens (including phenoxy) is 1. The number of pyridine rings is 1. The van der Waals surface area contributed by atoms with Gasteiger partial charge in [0.05, 0.1) is 16.6 Å². The van der Waals surface area contributed by atoms with Crippen LogP contribution >= 0.6 is 0 Å². The Morgan fingerprint density at radius 2 is 1.78 bits per heavy atom. The molecular formula is C29H31N5O3. The number of methoxy groups -OCH3 is 1. The fraction of sp³-hybridized carbons (Fsp3) is 0.310. The molecule has 1 saturated carbocycles. The largest absolute Gasteiger partial charge is 0.375 e. The number of fused-ring (bicyclic) bond motifs is 1. The van der Waals surface area contributed by atoms with Crippen molar-refractivity contribution in [1.29, 1.82) is 0 Å². The van der Waals surface area contributed by atoms with Crippen molar-refractivity contribution in [1.82, 2.24) is 19.9 Å². The third-order valence-electron chi connectivity index (χ3n) is 7.25. The molecule has 8 nitrogen and oxygen atoms in total. The topological polar surface area (TPSA) is 98.1 Å². The molecule has 2 aromatic carbocycles. The molecule has 0 bridgehead atoms. The molecule has 0 spiro atoms. The molecule has 8 heteroatoms. The van der Waals surface area contributed by atoms with Crippen LogP contribution in [0.1, 0.15) is 41.6 Å². The van der Waals surface area contributed by atoms with Crippen LogP contribution in [0.3, 0.4) is 0 Å². The molecule has 2 N–H and O–H groups in total. The van der Waals surface area contributed by atoms with E-state index in [0.717, 1.165) is 31.2 Å². The first-order valence-corrected chi connectivity index (χ1v) is 12.5. The van der Waals surface area contributed by atoms with Gasteiger partial charge in [-0.15, -0.1) is 0 Å². The first-order valence-electron chi connectivity index (χ1n) is 12.5. The van der Waals surface area contributed by atoms with E-state index in [-0.39, 0.29) is 23.8 Å². The van der Waals surface area contributed by atoms with Crippen molar-refractivity contribution in [3.63, 3.8) is 0 Å². The molecule has 0 aliphatic heterocycles. The van der Waals surface area contributed by atoms with E-state index >= 15 is 0 Å². The number of hydrogen-bond donors (Lipinski definition) is 2. The summed E-state index contributed by atoms with van der Waals surface area (Å²) in [5, 5.41) is 6.05. The zero-order chi connectivity index (χ0) is 25.8. The summed E-state index contributed by atoms with van der Waals surface area (Å²) >= 11 is 0. The van der Waals surface area contributed by atoms with Gasteiger partial charge in [-0.25, -0.2) is 4.98 Å². The minimum atomic E-state index is -0.299. The van der Waals surface area contributed by atoms with Gasteiger partial charge in [-0.1, -0.05) is 43.2 Å². The number of aryl methyl sites for hydroxylation is 1. The highest BCUT2D eigenvalue weighted by Crippen LogP contribution is 2.40. The number of hydrogen-bond acceptors (Lipinski definition) is 5. The standard InChI is InChI=1S/C29H31N5O3/c1-34-26-23(28(36)31-19-29(12-6-7-13-29)21-8-4-3-5-9-21)16-22(32-25(35)18-37-2)17-24(26)33-27(34)20-10-14-30-15-11-20/h3-5,8-11,14-17H,6-7,12-13,18-19H2,1-2H3,(H,31,36)(H,32,35). The number of carbonyl (C=O) groups is 2. The van der Waals surface area contributed by atoms with Gasteiger partial charge < -0.3 is 19.9 Å². The van der Waals surface area contributed by atoms with Gasteiger partial charge in [0.1, 0.15) is 12.4 Å². The predicted octanol–water partition coefficient (Wildman–Crippen LogP) is 4.46. The molecule has 0 radical (unpaired) electrons. The van der Waals surface area contributed by atoms with Gasteiger partial charge in [-0.2, -0.15) is 0 Å². The highest BCUT2D eigenvalue weighted by molar-refractivity contribution is 6.08. The van der Waals surface area contributed by atoms with Crippen LogP contribution in [0.2, 0.25) is 0 Å². The van der Waals surface area contributed by atoms with Crippen LogP contribution in [-0.2, 0) is 22.0 Å². The van der Waals surface area contributed by atoms with Gasteiger partial charge >= 0.3 is 0 Å². The van der Waals surface area contributed by atoms with Gasteiger partial charge in [0.25, 0.3) is 5.91 Å². The normalized spacial score (nSPS) is 14.5. The molecule has 2 heterocycles. The molecule has 0 unspecified atom stereocenters. The molecule has 0 atom stereocenters. The number of anilines is 1. The summed E-state index contributed by atoms with van der Waals surface area (Å²) in [6.45, 7) is 0.469. The summed E-state index contributed by atoms with van der Waals surface area (Å²) in [5.41, 5.74) is 4.36. The van der Waals surface area contributed by atoms with Crippen LogP contribution in [0.25, 0.3) is 22.4 Å². The smallest absolute Gasteiger partial charge is 0.253 e. The van der Waals surface area contributed by atoms with Crippen LogP contribution in [0, 0.1) is 0 Å². The second-order valence-corrected chi connectivity index (χ2v) is 9.64. The number of amides is 2. The molecule has 37 heavy (non-hydrogen) atoms. The zero-order valence-corrected chi connectivity index (χ0v) is 21.2. The Labute approximate surface area is 216 Å². The molecule has 1 aliphatic rings. The van der Waals surface area contributed by atoms with E-state index in [4.69, 9.17) is 9.72 Å². The lowest BCUT2D eigenvalue weighted by atomic mass is 9.79. The molecule has 4 aromatic rings. The van der Waals surface area contributed by atoms with Crippen LogP contribution in [0.4, 0.5) is 5.69 Å². The van der Waals surface area contributed by atoms with E-state index in [1.54, 1.807) is 24.5 Å². The van der Waals surface area contributed by atoms with Crippen molar-refractivity contribution >= 4 is 28.5 Å². The number of aromatic nitrogens is 3. The van der Waals surface area contributed by atoms with Crippen LogP contribution in [0.15, 0.2) is 67.0 Å². The van der Waals surface area contributed by atoms with E-state index < -0.39 is 0 Å². The first kappa shape index (κ1) is 24.6. The molecule has 5 rings (SSSR count). The average Bonchev–Trinajstić information content (AvgIpc) is 3.53. The van der Waals surface area contributed by atoms with Gasteiger partial charge in [0.15, 0.2) is 0 Å². The maximum Gasteiger partial charge on any atom is 0.253 e. The molecule has 2 aromatic heterocycles. The minimum absolute atomic E-state index is 0.0744. The van der Waals surface area contributed by atoms with Gasteiger partial charge in [0, 0.05) is 49.8 Å². The number of rotatable bonds is 8. The van der Waals surface area contributed by atoms with Gasteiger partial charge in [-0.3, -0.25) is 14.6 Å². The fourth-order valence-electron chi connectivity index (χ4n) is 5.44. The number of nitrogens with one attached hydrogen (secondary N) is 2. The van der Waals surface area contributed by atoms with Crippen molar-refractivity contribution in [3.05, 3.63) is 78.1 Å². The van der Waals surface area contributed by atoms with Gasteiger partial charge in [0.2, 0.25) is 5.91 Å². The summed E-state index contributed by atoms with van der Waals surface area (Å²) in [5.74, 6) is 0.218. The van der Waals surface area contributed by atoms with Crippen LogP contribution < -0.4 is 10.6 Å². The van der Waals surface area contributed by atoms with Crippen LogP contribution in [0.5, 0.6) is 0 Å². The number of benzene rings is 2. The van der Waals surface area contributed by atoms with Crippen molar-refractivity contribution < 1.29 is 14.3 Å². The first-order chi connectivity index (χ1) is 18.0. The second-order valence-electron chi connectivity index (χ2n) is 9.64. The molecular weight excluding hydrogens is 466 g/mol. The predicted molar refractivity (Wildman–Crippen MR) is 143 cm³/mol. The summed E-state index contributed by atoms with van der Waals surface area (Å²) in [6.07, 6.45) is 7.79. The minimum Gasteiger partial charge on any atom is -0.375 e.